The number of hydrogen-bond donors (Lipinski definition) is 0. The molecule has 2 aromatic carbocycles. The Morgan fingerprint density at radius 2 is 1.81 bits per heavy atom. The second-order valence-corrected chi connectivity index (χ2v) is 8.67. The highest BCUT2D eigenvalue weighted by Gasteiger charge is 2.21. The van der Waals surface area contributed by atoms with Gasteiger partial charge in [0.2, 0.25) is 5.91 Å². The van der Waals surface area contributed by atoms with Crippen LogP contribution in [-0.4, -0.2) is 55.0 Å². The van der Waals surface area contributed by atoms with Crippen LogP contribution in [0.25, 0.3) is 11.3 Å². The molecule has 1 aliphatic rings. The van der Waals surface area contributed by atoms with E-state index in [0.717, 1.165) is 54.6 Å². The predicted octanol–water partition coefficient (Wildman–Crippen LogP) is 4.59. The Hall–Kier alpha value is -2.64. The molecular formula is C23H24ClN3O3S. The Morgan fingerprint density at radius 1 is 1.10 bits per heavy atom. The van der Waals surface area contributed by atoms with E-state index in [4.69, 9.17) is 20.9 Å². The Labute approximate surface area is 191 Å². The molecule has 0 atom stereocenters. The molecule has 1 fully saturated rings. The van der Waals surface area contributed by atoms with Crippen molar-refractivity contribution in [1.82, 2.24) is 10.1 Å². The van der Waals surface area contributed by atoms with Gasteiger partial charge in [-0.1, -0.05) is 28.9 Å². The maximum absolute atomic E-state index is 12.6. The van der Waals surface area contributed by atoms with E-state index in [-0.39, 0.29) is 5.91 Å². The van der Waals surface area contributed by atoms with Crippen LogP contribution in [-0.2, 0) is 10.5 Å². The number of methoxy groups -OCH3 is 1. The van der Waals surface area contributed by atoms with Crippen molar-refractivity contribution in [2.75, 3.05) is 43.9 Å². The lowest BCUT2D eigenvalue weighted by molar-refractivity contribution is -0.128. The van der Waals surface area contributed by atoms with E-state index < -0.39 is 0 Å². The Morgan fingerprint density at radius 3 is 2.48 bits per heavy atom. The number of ether oxygens (including phenoxy) is 1. The number of aromatic nitrogens is 1. The largest absolute Gasteiger partial charge is 0.497 e. The van der Waals surface area contributed by atoms with E-state index in [2.05, 4.69) is 22.2 Å². The number of halogens is 1. The third-order valence-electron chi connectivity index (χ3n) is 5.24. The van der Waals surface area contributed by atoms with Crippen LogP contribution in [0.3, 0.4) is 0 Å². The smallest absolute Gasteiger partial charge is 0.232 e. The fraction of sp³-hybridized carbons (Fsp3) is 0.304. The van der Waals surface area contributed by atoms with Gasteiger partial charge in [0, 0.05) is 48.5 Å². The summed E-state index contributed by atoms with van der Waals surface area (Å²) in [4.78, 5) is 16.8. The number of amides is 1. The summed E-state index contributed by atoms with van der Waals surface area (Å²) in [5.41, 5.74) is 2.88. The van der Waals surface area contributed by atoms with Gasteiger partial charge in [-0.3, -0.25) is 4.79 Å². The van der Waals surface area contributed by atoms with Gasteiger partial charge in [0.05, 0.1) is 18.6 Å². The van der Waals surface area contributed by atoms with Gasteiger partial charge in [-0.15, -0.1) is 11.8 Å². The van der Waals surface area contributed by atoms with Crippen molar-refractivity contribution in [3.8, 4) is 17.0 Å². The summed E-state index contributed by atoms with van der Waals surface area (Å²) in [5, 5.41) is 4.80. The zero-order chi connectivity index (χ0) is 21.6. The Balaban J connectivity index is 1.21. The number of thioether (sulfide) groups is 1. The van der Waals surface area contributed by atoms with Crippen LogP contribution in [0.2, 0.25) is 5.02 Å². The second-order valence-electron chi connectivity index (χ2n) is 7.24. The molecular weight excluding hydrogens is 434 g/mol. The molecule has 31 heavy (non-hydrogen) atoms. The molecule has 6 nitrogen and oxygen atoms in total. The minimum Gasteiger partial charge on any atom is -0.497 e. The molecule has 0 bridgehead atoms. The third-order valence-corrected chi connectivity index (χ3v) is 6.43. The highest BCUT2D eigenvalue weighted by atomic mass is 35.5. The van der Waals surface area contributed by atoms with E-state index in [1.165, 1.54) is 0 Å². The van der Waals surface area contributed by atoms with Crippen LogP contribution in [0.4, 0.5) is 5.69 Å². The predicted molar refractivity (Wildman–Crippen MR) is 125 cm³/mol. The highest BCUT2D eigenvalue weighted by Crippen LogP contribution is 2.24. The first-order valence-corrected chi connectivity index (χ1v) is 11.6. The van der Waals surface area contributed by atoms with Crippen LogP contribution in [0, 0.1) is 0 Å². The first-order chi connectivity index (χ1) is 15.1. The lowest BCUT2D eigenvalue weighted by atomic mass is 10.1. The van der Waals surface area contributed by atoms with Crippen LogP contribution in [0.5, 0.6) is 5.75 Å². The van der Waals surface area contributed by atoms with Gasteiger partial charge < -0.3 is 19.1 Å². The maximum Gasteiger partial charge on any atom is 0.232 e. The zero-order valence-corrected chi connectivity index (χ0v) is 18.9. The lowest BCUT2D eigenvalue weighted by Crippen LogP contribution is -2.49. The number of anilines is 1. The van der Waals surface area contributed by atoms with Gasteiger partial charge in [-0.05, 0) is 36.4 Å². The average molecular weight is 458 g/mol. The van der Waals surface area contributed by atoms with Crippen molar-refractivity contribution in [3.05, 3.63) is 65.4 Å². The van der Waals surface area contributed by atoms with Crippen molar-refractivity contribution in [2.45, 2.75) is 5.75 Å². The SMILES string of the molecule is COc1ccc(N2CCN(C(=O)CSCc3cc(-c4ccc(Cl)cc4)no3)CC2)cc1. The number of benzene rings is 2. The van der Waals surface area contributed by atoms with E-state index in [1.54, 1.807) is 18.9 Å². The molecule has 8 heteroatoms. The van der Waals surface area contributed by atoms with Gasteiger partial charge >= 0.3 is 0 Å². The topological polar surface area (TPSA) is 58.8 Å². The normalized spacial score (nSPS) is 14.0. The second kappa shape index (κ2) is 10.1. The summed E-state index contributed by atoms with van der Waals surface area (Å²) in [6.07, 6.45) is 0. The number of nitrogens with zero attached hydrogens (tertiary/aromatic N) is 3. The van der Waals surface area contributed by atoms with Crippen LogP contribution < -0.4 is 9.64 Å². The fourth-order valence-electron chi connectivity index (χ4n) is 3.48. The molecule has 0 aliphatic carbocycles. The molecule has 2 heterocycles. The van der Waals surface area contributed by atoms with Gasteiger partial charge in [0.25, 0.3) is 0 Å². The quantitative estimate of drug-likeness (QED) is 0.517. The summed E-state index contributed by atoms with van der Waals surface area (Å²) in [7, 11) is 1.67. The van der Waals surface area contributed by atoms with Crippen molar-refractivity contribution >= 4 is 35.0 Å². The molecule has 1 aliphatic heterocycles. The molecule has 0 radical (unpaired) electrons. The van der Waals surface area contributed by atoms with E-state index >= 15 is 0 Å². The minimum atomic E-state index is 0.164. The summed E-state index contributed by atoms with van der Waals surface area (Å²) >= 11 is 7.47. The molecule has 162 valence electrons. The molecule has 0 spiro atoms. The Bertz CT molecular complexity index is 1000. The Kier molecular flexibility index (Phi) is 7.04. The molecule has 1 aromatic heterocycles. The lowest BCUT2D eigenvalue weighted by Gasteiger charge is -2.36. The van der Waals surface area contributed by atoms with Crippen LogP contribution >= 0.6 is 23.4 Å². The summed E-state index contributed by atoms with van der Waals surface area (Å²) in [5.74, 6) is 2.81. The minimum absolute atomic E-state index is 0.164. The number of carbonyl (C=O) groups is 1. The number of piperazine rings is 1. The first-order valence-electron chi connectivity index (χ1n) is 10.1. The van der Waals surface area contributed by atoms with Crippen LogP contribution in [0.15, 0.2) is 59.1 Å². The molecule has 3 aromatic rings. The van der Waals surface area contributed by atoms with E-state index in [0.29, 0.717) is 16.5 Å². The standard InChI is InChI=1S/C23H24ClN3O3S/c1-29-20-8-6-19(7-9-20)26-10-12-27(13-11-26)23(28)16-31-15-21-14-22(25-30-21)17-2-4-18(24)5-3-17/h2-9,14H,10-13,15-16H2,1H3. The molecule has 0 saturated carbocycles. The number of hydrogen-bond acceptors (Lipinski definition) is 6. The first kappa shape index (κ1) is 21.6. The van der Waals surface area contributed by atoms with Crippen molar-refractivity contribution in [1.29, 1.82) is 0 Å². The number of carbonyl (C=O) groups excluding carboxylic acids is 1. The zero-order valence-electron chi connectivity index (χ0n) is 17.3. The van der Waals surface area contributed by atoms with Gasteiger partial charge in [0.1, 0.15) is 17.2 Å². The molecule has 1 amide bonds. The van der Waals surface area contributed by atoms with E-state index in [1.807, 2.05) is 47.4 Å². The summed E-state index contributed by atoms with van der Waals surface area (Å²) in [6.45, 7) is 3.12. The molecule has 0 unspecified atom stereocenters. The number of rotatable bonds is 7. The monoisotopic (exact) mass is 457 g/mol. The van der Waals surface area contributed by atoms with Crippen LogP contribution in [0.1, 0.15) is 5.76 Å². The highest BCUT2D eigenvalue weighted by molar-refractivity contribution is 7.99. The maximum atomic E-state index is 12.6. The fourth-order valence-corrected chi connectivity index (χ4v) is 4.40. The van der Waals surface area contributed by atoms with Crippen molar-refractivity contribution in [3.63, 3.8) is 0 Å². The van der Waals surface area contributed by atoms with Gasteiger partial charge in [-0.25, -0.2) is 0 Å². The summed E-state index contributed by atoms with van der Waals surface area (Å²) < 4.78 is 10.6. The van der Waals surface area contributed by atoms with E-state index in [9.17, 15) is 4.79 Å². The summed E-state index contributed by atoms with van der Waals surface area (Å²) in [6, 6.07) is 17.4. The molecule has 4 rings (SSSR count). The third kappa shape index (κ3) is 5.54. The van der Waals surface area contributed by atoms with Gasteiger partial charge in [0.15, 0.2) is 0 Å². The molecule has 0 N–H and O–H groups in total. The molecule has 1 saturated heterocycles. The van der Waals surface area contributed by atoms with Crippen molar-refractivity contribution in [2.24, 2.45) is 0 Å². The van der Waals surface area contributed by atoms with Crippen molar-refractivity contribution < 1.29 is 14.1 Å². The average Bonchev–Trinajstić information content (AvgIpc) is 3.28. The van der Waals surface area contributed by atoms with Gasteiger partial charge in [-0.2, -0.15) is 0 Å².